The molecule has 3 heteroatoms. The van der Waals surface area contributed by atoms with Gasteiger partial charge in [-0.3, -0.25) is 0 Å². The van der Waals surface area contributed by atoms with Crippen LogP contribution < -0.4 is 5.32 Å². The van der Waals surface area contributed by atoms with Crippen molar-refractivity contribution < 1.29 is 0 Å². The number of nitrogens with zero attached hydrogens (tertiary/aromatic N) is 1. The maximum Gasteiger partial charge on any atom is 0.120 e. The van der Waals surface area contributed by atoms with Gasteiger partial charge in [0.25, 0.3) is 0 Å². The highest BCUT2D eigenvalue weighted by Crippen LogP contribution is 2.20. The van der Waals surface area contributed by atoms with Crippen molar-refractivity contribution in [1.29, 1.82) is 0 Å². The molecule has 0 radical (unpaired) electrons. The first-order valence-corrected chi connectivity index (χ1v) is 6.12. The molecule has 0 spiro atoms. The van der Waals surface area contributed by atoms with Crippen LogP contribution in [-0.2, 0) is 6.54 Å². The van der Waals surface area contributed by atoms with Crippen LogP contribution in [0.25, 0.3) is 11.3 Å². The Hall–Kier alpha value is -1.61. The highest BCUT2D eigenvalue weighted by molar-refractivity contribution is 5.62. The SMILES string of the molecule is CCCNCc1ncc(-c2ccccc2C)[nH]1. The van der Waals surface area contributed by atoms with Crippen molar-refractivity contribution in [1.82, 2.24) is 15.3 Å². The zero-order chi connectivity index (χ0) is 12.1. The summed E-state index contributed by atoms with van der Waals surface area (Å²) in [6.07, 6.45) is 3.05. The zero-order valence-corrected chi connectivity index (χ0v) is 10.5. The number of aromatic nitrogens is 2. The predicted octanol–water partition coefficient (Wildman–Crippen LogP) is 2.88. The second-order valence-corrected chi connectivity index (χ2v) is 4.24. The Morgan fingerprint density at radius 3 is 2.88 bits per heavy atom. The Labute approximate surface area is 102 Å². The molecule has 1 aromatic carbocycles. The van der Waals surface area contributed by atoms with Gasteiger partial charge in [0.2, 0.25) is 0 Å². The fraction of sp³-hybridized carbons (Fsp3) is 0.357. The van der Waals surface area contributed by atoms with Gasteiger partial charge in [0, 0.05) is 5.56 Å². The molecule has 0 aliphatic carbocycles. The molecule has 2 N–H and O–H groups in total. The highest BCUT2D eigenvalue weighted by atomic mass is 15.0. The van der Waals surface area contributed by atoms with E-state index >= 15 is 0 Å². The van der Waals surface area contributed by atoms with E-state index in [4.69, 9.17) is 0 Å². The first-order chi connectivity index (χ1) is 8.31. The lowest BCUT2D eigenvalue weighted by Gasteiger charge is -2.02. The number of hydrogen-bond acceptors (Lipinski definition) is 2. The third-order valence-corrected chi connectivity index (χ3v) is 2.78. The molecule has 0 aliphatic rings. The Morgan fingerprint density at radius 1 is 1.29 bits per heavy atom. The number of aryl methyl sites for hydroxylation is 1. The lowest BCUT2D eigenvalue weighted by Crippen LogP contribution is -2.14. The molecule has 0 unspecified atom stereocenters. The molecule has 1 aromatic heterocycles. The third-order valence-electron chi connectivity index (χ3n) is 2.78. The first kappa shape index (κ1) is 11.9. The molecule has 17 heavy (non-hydrogen) atoms. The van der Waals surface area contributed by atoms with Gasteiger partial charge in [-0.1, -0.05) is 31.2 Å². The van der Waals surface area contributed by atoms with Crippen LogP contribution >= 0.6 is 0 Å². The molecule has 0 aliphatic heterocycles. The van der Waals surface area contributed by atoms with Crippen LogP contribution in [-0.4, -0.2) is 16.5 Å². The van der Waals surface area contributed by atoms with E-state index in [1.54, 1.807) is 0 Å². The summed E-state index contributed by atoms with van der Waals surface area (Å²) in [7, 11) is 0. The van der Waals surface area contributed by atoms with Gasteiger partial charge in [-0.05, 0) is 25.5 Å². The fourth-order valence-electron chi connectivity index (χ4n) is 1.85. The van der Waals surface area contributed by atoms with E-state index in [1.165, 1.54) is 11.1 Å². The van der Waals surface area contributed by atoms with Gasteiger partial charge < -0.3 is 10.3 Å². The summed E-state index contributed by atoms with van der Waals surface area (Å²) in [5.74, 6) is 0.997. The maximum atomic E-state index is 4.39. The fourth-order valence-corrected chi connectivity index (χ4v) is 1.85. The van der Waals surface area contributed by atoms with Crippen molar-refractivity contribution in [2.24, 2.45) is 0 Å². The molecule has 1 heterocycles. The first-order valence-electron chi connectivity index (χ1n) is 6.12. The van der Waals surface area contributed by atoms with E-state index in [1.807, 2.05) is 6.20 Å². The van der Waals surface area contributed by atoms with Gasteiger partial charge in [0.15, 0.2) is 0 Å². The highest BCUT2D eigenvalue weighted by Gasteiger charge is 2.04. The summed E-state index contributed by atoms with van der Waals surface area (Å²) < 4.78 is 0. The Morgan fingerprint density at radius 2 is 2.12 bits per heavy atom. The average molecular weight is 229 g/mol. The van der Waals surface area contributed by atoms with Crippen LogP contribution in [0, 0.1) is 6.92 Å². The van der Waals surface area contributed by atoms with Gasteiger partial charge in [-0.25, -0.2) is 4.98 Å². The summed E-state index contributed by atoms with van der Waals surface area (Å²) in [6, 6.07) is 8.34. The van der Waals surface area contributed by atoms with Crippen LogP contribution in [0.4, 0.5) is 0 Å². The van der Waals surface area contributed by atoms with Crippen LogP contribution in [0.1, 0.15) is 24.7 Å². The van der Waals surface area contributed by atoms with E-state index in [0.29, 0.717) is 0 Å². The van der Waals surface area contributed by atoms with Crippen LogP contribution in [0.3, 0.4) is 0 Å². The number of H-pyrrole nitrogens is 1. The number of nitrogens with one attached hydrogen (secondary N) is 2. The summed E-state index contributed by atoms with van der Waals surface area (Å²) in [5, 5.41) is 3.34. The lowest BCUT2D eigenvalue weighted by molar-refractivity contribution is 0.655. The molecule has 90 valence electrons. The third kappa shape index (κ3) is 2.94. The Balaban J connectivity index is 2.10. The molecule has 0 amide bonds. The average Bonchev–Trinajstić information content (AvgIpc) is 2.79. The van der Waals surface area contributed by atoms with Crippen LogP contribution in [0.15, 0.2) is 30.5 Å². The lowest BCUT2D eigenvalue weighted by atomic mass is 10.1. The van der Waals surface area contributed by atoms with E-state index in [-0.39, 0.29) is 0 Å². The van der Waals surface area contributed by atoms with Gasteiger partial charge >= 0.3 is 0 Å². The Kier molecular flexibility index (Phi) is 3.94. The van der Waals surface area contributed by atoms with Crippen molar-refractivity contribution in [3.8, 4) is 11.3 Å². The summed E-state index contributed by atoms with van der Waals surface area (Å²) in [4.78, 5) is 7.74. The molecule has 0 atom stereocenters. The normalized spacial score (nSPS) is 10.7. The standard InChI is InChI=1S/C14H19N3/c1-3-8-15-10-14-16-9-13(17-14)12-7-5-4-6-11(12)2/h4-7,9,15H,3,8,10H2,1-2H3,(H,16,17). The van der Waals surface area contributed by atoms with E-state index in [0.717, 1.165) is 31.0 Å². The van der Waals surface area contributed by atoms with Gasteiger partial charge in [-0.2, -0.15) is 0 Å². The summed E-state index contributed by atoms with van der Waals surface area (Å²) >= 11 is 0. The van der Waals surface area contributed by atoms with Gasteiger partial charge in [0.05, 0.1) is 18.4 Å². The molecule has 3 nitrogen and oxygen atoms in total. The molecule has 2 rings (SSSR count). The second-order valence-electron chi connectivity index (χ2n) is 4.24. The molecule has 0 saturated heterocycles. The molecular weight excluding hydrogens is 210 g/mol. The van der Waals surface area contributed by atoms with Crippen LogP contribution in [0.5, 0.6) is 0 Å². The van der Waals surface area contributed by atoms with Crippen molar-refractivity contribution in [3.63, 3.8) is 0 Å². The molecule has 0 bridgehead atoms. The number of imidazole rings is 1. The smallest absolute Gasteiger partial charge is 0.120 e. The topological polar surface area (TPSA) is 40.7 Å². The molecule has 0 saturated carbocycles. The number of hydrogen-bond donors (Lipinski definition) is 2. The summed E-state index contributed by atoms with van der Waals surface area (Å²) in [5.41, 5.74) is 3.59. The Bertz CT molecular complexity index is 474. The number of aromatic amines is 1. The number of benzene rings is 1. The zero-order valence-electron chi connectivity index (χ0n) is 10.5. The largest absolute Gasteiger partial charge is 0.341 e. The van der Waals surface area contributed by atoms with Crippen molar-refractivity contribution >= 4 is 0 Å². The predicted molar refractivity (Wildman–Crippen MR) is 70.8 cm³/mol. The van der Waals surface area contributed by atoms with Crippen LogP contribution in [0.2, 0.25) is 0 Å². The minimum atomic E-state index is 0.805. The van der Waals surface area contributed by atoms with E-state index in [9.17, 15) is 0 Å². The van der Waals surface area contributed by atoms with Crippen molar-refractivity contribution in [2.45, 2.75) is 26.8 Å². The quantitative estimate of drug-likeness (QED) is 0.774. The van der Waals surface area contributed by atoms with E-state index in [2.05, 4.69) is 53.4 Å². The molecule has 2 aromatic rings. The summed E-state index contributed by atoms with van der Waals surface area (Å²) in [6.45, 7) is 6.11. The van der Waals surface area contributed by atoms with Crippen molar-refractivity contribution in [2.75, 3.05) is 6.54 Å². The minimum Gasteiger partial charge on any atom is -0.341 e. The van der Waals surface area contributed by atoms with Crippen molar-refractivity contribution in [3.05, 3.63) is 41.9 Å². The van der Waals surface area contributed by atoms with E-state index < -0.39 is 0 Å². The maximum absolute atomic E-state index is 4.39. The number of rotatable bonds is 5. The van der Waals surface area contributed by atoms with Gasteiger partial charge in [-0.15, -0.1) is 0 Å². The second kappa shape index (κ2) is 5.64. The van der Waals surface area contributed by atoms with Gasteiger partial charge in [0.1, 0.15) is 5.82 Å². The molecular formula is C14H19N3. The monoisotopic (exact) mass is 229 g/mol. The minimum absolute atomic E-state index is 0.805. The molecule has 0 fully saturated rings.